The van der Waals surface area contributed by atoms with Gasteiger partial charge < -0.3 is 10.1 Å². The van der Waals surface area contributed by atoms with E-state index in [0.717, 1.165) is 25.0 Å². The van der Waals surface area contributed by atoms with Crippen molar-refractivity contribution in [3.05, 3.63) is 11.8 Å². The number of nitrogens with zero attached hydrogens (tertiary/aromatic N) is 1. The molecule has 2 unspecified atom stereocenters. The Morgan fingerprint density at radius 3 is 3.18 bits per heavy atom. The lowest BCUT2D eigenvalue weighted by Crippen LogP contribution is -2.27. The molecule has 1 aliphatic rings. The molecule has 2 atom stereocenters. The minimum atomic E-state index is -0.0543. The molecule has 5 heteroatoms. The van der Waals surface area contributed by atoms with Gasteiger partial charge in [-0.2, -0.15) is 5.10 Å². The van der Waals surface area contributed by atoms with E-state index in [-0.39, 0.29) is 17.9 Å². The number of carbonyl (C=O) groups excluding carboxylic acids is 1. The number of carbonyl (C=O) groups is 1. The lowest BCUT2D eigenvalue weighted by atomic mass is 10.0. The SMILES string of the molecule is CCCc1cc(NC(=O)C2CCOC2C)n[nH]1. The highest BCUT2D eigenvalue weighted by atomic mass is 16.5. The van der Waals surface area contributed by atoms with Crippen LogP contribution in [0.3, 0.4) is 0 Å². The lowest BCUT2D eigenvalue weighted by Gasteiger charge is -2.12. The van der Waals surface area contributed by atoms with Gasteiger partial charge in [-0.1, -0.05) is 13.3 Å². The van der Waals surface area contributed by atoms with Gasteiger partial charge in [-0.15, -0.1) is 0 Å². The largest absolute Gasteiger partial charge is 0.378 e. The van der Waals surface area contributed by atoms with E-state index in [1.54, 1.807) is 0 Å². The summed E-state index contributed by atoms with van der Waals surface area (Å²) in [6.45, 7) is 4.71. The number of aromatic amines is 1. The Balaban J connectivity index is 1.93. The van der Waals surface area contributed by atoms with Crippen molar-refractivity contribution in [1.29, 1.82) is 0 Å². The average molecular weight is 237 g/mol. The van der Waals surface area contributed by atoms with Crippen LogP contribution < -0.4 is 5.32 Å². The van der Waals surface area contributed by atoms with Gasteiger partial charge in [0, 0.05) is 18.4 Å². The molecular weight excluding hydrogens is 218 g/mol. The second-order valence-corrected chi connectivity index (χ2v) is 4.49. The smallest absolute Gasteiger partial charge is 0.231 e. The van der Waals surface area contributed by atoms with E-state index in [1.807, 2.05) is 13.0 Å². The summed E-state index contributed by atoms with van der Waals surface area (Å²) in [5, 5.41) is 9.82. The highest BCUT2D eigenvalue weighted by molar-refractivity contribution is 5.92. The Morgan fingerprint density at radius 1 is 1.71 bits per heavy atom. The topological polar surface area (TPSA) is 67.0 Å². The number of nitrogens with one attached hydrogen (secondary N) is 2. The molecule has 2 N–H and O–H groups in total. The number of hydrogen-bond donors (Lipinski definition) is 2. The summed E-state index contributed by atoms with van der Waals surface area (Å²) in [5.41, 5.74) is 1.05. The van der Waals surface area contributed by atoms with Crippen LogP contribution in [0, 0.1) is 5.92 Å². The molecule has 1 saturated heterocycles. The summed E-state index contributed by atoms with van der Waals surface area (Å²) in [7, 11) is 0. The molecular formula is C12H19N3O2. The molecule has 1 aromatic rings. The highest BCUT2D eigenvalue weighted by Gasteiger charge is 2.30. The van der Waals surface area contributed by atoms with Crippen LogP contribution in [-0.2, 0) is 16.0 Å². The lowest BCUT2D eigenvalue weighted by molar-refractivity contribution is -0.121. The summed E-state index contributed by atoms with van der Waals surface area (Å²) in [6.07, 6.45) is 2.80. The van der Waals surface area contributed by atoms with Crippen molar-refractivity contribution in [1.82, 2.24) is 10.2 Å². The normalized spacial score (nSPS) is 23.9. The van der Waals surface area contributed by atoms with E-state index in [0.29, 0.717) is 12.4 Å². The molecule has 94 valence electrons. The zero-order valence-corrected chi connectivity index (χ0v) is 10.3. The molecule has 0 bridgehead atoms. The fourth-order valence-corrected chi connectivity index (χ4v) is 2.12. The molecule has 0 aromatic carbocycles. The van der Waals surface area contributed by atoms with Gasteiger partial charge in [-0.05, 0) is 19.8 Å². The number of ether oxygens (including phenoxy) is 1. The number of hydrogen-bond acceptors (Lipinski definition) is 3. The Morgan fingerprint density at radius 2 is 2.53 bits per heavy atom. The summed E-state index contributed by atoms with van der Waals surface area (Å²) >= 11 is 0. The van der Waals surface area contributed by atoms with Gasteiger partial charge in [-0.3, -0.25) is 9.89 Å². The fraction of sp³-hybridized carbons (Fsp3) is 0.667. The Kier molecular flexibility index (Phi) is 3.78. The van der Waals surface area contributed by atoms with Crippen molar-refractivity contribution < 1.29 is 9.53 Å². The van der Waals surface area contributed by atoms with E-state index in [4.69, 9.17) is 4.74 Å². The zero-order valence-electron chi connectivity index (χ0n) is 10.3. The van der Waals surface area contributed by atoms with Crippen LogP contribution in [0.4, 0.5) is 5.82 Å². The number of aromatic nitrogens is 2. The van der Waals surface area contributed by atoms with Crippen LogP contribution >= 0.6 is 0 Å². The van der Waals surface area contributed by atoms with E-state index in [2.05, 4.69) is 22.4 Å². The predicted octanol–water partition coefficient (Wildman–Crippen LogP) is 1.73. The summed E-state index contributed by atoms with van der Waals surface area (Å²) in [4.78, 5) is 11.9. The molecule has 0 spiro atoms. The van der Waals surface area contributed by atoms with E-state index < -0.39 is 0 Å². The quantitative estimate of drug-likeness (QED) is 0.838. The van der Waals surface area contributed by atoms with Crippen LogP contribution in [-0.4, -0.2) is 28.8 Å². The first-order chi connectivity index (χ1) is 8.20. The molecule has 1 aromatic heterocycles. The van der Waals surface area contributed by atoms with Crippen LogP contribution in [0.25, 0.3) is 0 Å². The van der Waals surface area contributed by atoms with Crippen molar-refractivity contribution in [3.63, 3.8) is 0 Å². The fourth-order valence-electron chi connectivity index (χ4n) is 2.12. The van der Waals surface area contributed by atoms with Gasteiger partial charge >= 0.3 is 0 Å². The summed E-state index contributed by atoms with van der Waals surface area (Å²) < 4.78 is 5.38. The predicted molar refractivity (Wildman–Crippen MR) is 64.7 cm³/mol. The molecule has 2 heterocycles. The maximum Gasteiger partial charge on any atom is 0.231 e. The molecule has 1 amide bonds. The van der Waals surface area contributed by atoms with Gasteiger partial charge in [-0.25, -0.2) is 0 Å². The molecule has 0 radical (unpaired) electrons. The van der Waals surface area contributed by atoms with Crippen molar-refractivity contribution in [2.75, 3.05) is 11.9 Å². The molecule has 17 heavy (non-hydrogen) atoms. The minimum Gasteiger partial charge on any atom is -0.378 e. The monoisotopic (exact) mass is 237 g/mol. The Labute approximate surface area is 101 Å². The van der Waals surface area contributed by atoms with Gasteiger partial charge in [0.1, 0.15) is 0 Å². The van der Waals surface area contributed by atoms with Gasteiger partial charge in [0.05, 0.1) is 12.0 Å². The molecule has 0 saturated carbocycles. The van der Waals surface area contributed by atoms with E-state index >= 15 is 0 Å². The highest BCUT2D eigenvalue weighted by Crippen LogP contribution is 2.22. The van der Waals surface area contributed by atoms with E-state index in [9.17, 15) is 4.79 Å². The first-order valence-corrected chi connectivity index (χ1v) is 6.17. The summed E-state index contributed by atoms with van der Waals surface area (Å²) in [5.74, 6) is 0.559. The van der Waals surface area contributed by atoms with Gasteiger partial charge in [0.25, 0.3) is 0 Å². The standard InChI is InChI=1S/C12H19N3O2/c1-3-4-9-7-11(15-14-9)13-12(16)10-5-6-17-8(10)2/h7-8,10H,3-6H2,1-2H3,(H2,13,14,15,16). The van der Waals surface area contributed by atoms with Crippen LogP contribution in [0.2, 0.25) is 0 Å². The average Bonchev–Trinajstić information content (AvgIpc) is 2.88. The van der Waals surface area contributed by atoms with Crippen LogP contribution in [0.15, 0.2) is 6.07 Å². The second kappa shape index (κ2) is 5.31. The van der Waals surface area contributed by atoms with Crippen LogP contribution in [0.1, 0.15) is 32.4 Å². The Hall–Kier alpha value is -1.36. The van der Waals surface area contributed by atoms with Gasteiger partial charge in [0.15, 0.2) is 5.82 Å². The third kappa shape index (κ3) is 2.85. The minimum absolute atomic E-state index is 0.00375. The molecule has 5 nitrogen and oxygen atoms in total. The summed E-state index contributed by atoms with van der Waals surface area (Å²) in [6, 6.07) is 1.89. The molecule has 1 fully saturated rings. The Bertz CT molecular complexity index is 389. The van der Waals surface area contributed by atoms with Gasteiger partial charge in [0.2, 0.25) is 5.91 Å². The number of rotatable bonds is 4. The van der Waals surface area contributed by atoms with Crippen molar-refractivity contribution in [2.45, 2.75) is 39.2 Å². The number of amides is 1. The van der Waals surface area contributed by atoms with E-state index in [1.165, 1.54) is 0 Å². The van der Waals surface area contributed by atoms with Crippen LogP contribution in [0.5, 0.6) is 0 Å². The molecule has 0 aliphatic carbocycles. The molecule has 1 aliphatic heterocycles. The maximum absolute atomic E-state index is 11.9. The van der Waals surface area contributed by atoms with Crippen molar-refractivity contribution >= 4 is 11.7 Å². The number of anilines is 1. The number of H-pyrrole nitrogens is 1. The first kappa shape index (κ1) is 12.1. The van der Waals surface area contributed by atoms with Crippen molar-refractivity contribution in [2.24, 2.45) is 5.92 Å². The third-order valence-corrected chi connectivity index (χ3v) is 3.11. The zero-order chi connectivity index (χ0) is 12.3. The maximum atomic E-state index is 11.9. The number of aryl methyl sites for hydroxylation is 1. The second-order valence-electron chi connectivity index (χ2n) is 4.49. The first-order valence-electron chi connectivity index (χ1n) is 6.17. The third-order valence-electron chi connectivity index (χ3n) is 3.11. The molecule has 2 rings (SSSR count). The van der Waals surface area contributed by atoms with Crippen molar-refractivity contribution in [3.8, 4) is 0 Å².